The Morgan fingerprint density at radius 1 is 1.13 bits per heavy atom. The second-order valence-corrected chi connectivity index (χ2v) is 10.7. The summed E-state index contributed by atoms with van der Waals surface area (Å²) in [4.78, 5) is 19.2. The van der Waals surface area contributed by atoms with E-state index in [1.807, 2.05) is 6.92 Å². The summed E-state index contributed by atoms with van der Waals surface area (Å²) in [6, 6.07) is 3.75. The third-order valence-electron chi connectivity index (χ3n) is 5.55. The van der Waals surface area contributed by atoms with Crippen molar-refractivity contribution in [3.05, 3.63) is 58.3 Å². The summed E-state index contributed by atoms with van der Waals surface area (Å²) in [5, 5.41) is 3.52. The van der Waals surface area contributed by atoms with E-state index < -0.39 is 21.2 Å². The smallest absolute Gasteiger partial charge is 0.310 e. The number of halogens is 5. The SMILES string of the molecule is Cc1nc(NC(C)c2cccc(S(F)(F)(F)(F)F)c2)c2cn(C3(C)CC3)c(=O)cc2n1. The van der Waals surface area contributed by atoms with Gasteiger partial charge in [-0.25, -0.2) is 9.97 Å². The minimum absolute atomic E-state index is 0.0256. The molecule has 2 heterocycles. The third kappa shape index (κ3) is 4.23. The van der Waals surface area contributed by atoms with E-state index in [4.69, 9.17) is 0 Å². The Balaban J connectivity index is 1.76. The van der Waals surface area contributed by atoms with E-state index in [0.717, 1.165) is 18.9 Å². The molecule has 3 aromatic rings. The number of fused-ring (bicyclic) bond motifs is 1. The molecule has 1 aliphatic rings. The van der Waals surface area contributed by atoms with Gasteiger partial charge in [-0.2, -0.15) is 0 Å². The predicted molar refractivity (Wildman–Crippen MR) is 111 cm³/mol. The molecule has 168 valence electrons. The van der Waals surface area contributed by atoms with E-state index >= 15 is 0 Å². The van der Waals surface area contributed by atoms with Crippen molar-refractivity contribution in [2.45, 2.75) is 50.1 Å². The fourth-order valence-corrected chi connectivity index (χ4v) is 4.18. The molecular formula is C20H21F5N4OS. The van der Waals surface area contributed by atoms with Crippen molar-refractivity contribution in [1.29, 1.82) is 0 Å². The van der Waals surface area contributed by atoms with Crippen LogP contribution >= 0.6 is 10.2 Å². The van der Waals surface area contributed by atoms with E-state index in [0.29, 0.717) is 34.7 Å². The molecule has 1 N–H and O–H groups in total. The van der Waals surface area contributed by atoms with Gasteiger partial charge in [0, 0.05) is 17.8 Å². The Kier molecular flexibility index (Phi) is 4.14. The zero-order chi connectivity index (χ0) is 22.9. The van der Waals surface area contributed by atoms with E-state index in [2.05, 4.69) is 15.3 Å². The molecule has 0 spiro atoms. The summed E-state index contributed by atoms with van der Waals surface area (Å²) in [5.74, 6) is 0.670. The highest BCUT2D eigenvalue weighted by molar-refractivity contribution is 8.45. The molecule has 1 atom stereocenters. The van der Waals surface area contributed by atoms with Crippen LogP contribution in [0.15, 0.2) is 46.2 Å². The molecule has 0 bridgehead atoms. The maximum absolute atomic E-state index is 13.2. The standard InChI is InChI=1S/C20H21F5N4OS/c1-12(14-5-4-6-15(9-14)31(21,22,23,24)25)26-19-16-11-29(20(3)7-8-20)18(30)10-17(16)27-13(2)28-19/h4-6,9-12H,7-8H2,1-3H3,(H,26,27,28). The molecule has 4 rings (SSSR count). The number of aryl methyl sites for hydroxylation is 1. The van der Waals surface area contributed by atoms with Crippen LogP contribution in [0.3, 0.4) is 0 Å². The lowest BCUT2D eigenvalue weighted by Gasteiger charge is -2.40. The molecular weight excluding hydrogens is 439 g/mol. The van der Waals surface area contributed by atoms with Crippen LogP contribution < -0.4 is 10.9 Å². The molecule has 0 aliphatic heterocycles. The quantitative estimate of drug-likeness (QED) is 0.445. The molecule has 0 amide bonds. The van der Waals surface area contributed by atoms with E-state index in [9.17, 15) is 24.2 Å². The molecule has 1 aliphatic carbocycles. The van der Waals surface area contributed by atoms with Crippen LogP contribution in [0.2, 0.25) is 0 Å². The number of nitrogens with zero attached hydrogens (tertiary/aromatic N) is 3. The first-order valence-corrected chi connectivity index (χ1v) is 11.5. The highest BCUT2D eigenvalue weighted by atomic mass is 32.5. The summed E-state index contributed by atoms with van der Waals surface area (Å²) >= 11 is 0. The van der Waals surface area contributed by atoms with E-state index in [1.54, 1.807) is 24.6 Å². The maximum Gasteiger partial charge on any atom is 0.310 e. The van der Waals surface area contributed by atoms with Crippen LogP contribution in [0, 0.1) is 6.92 Å². The number of hydrogen-bond acceptors (Lipinski definition) is 4. The highest BCUT2D eigenvalue weighted by Gasteiger charge is 2.65. The van der Waals surface area contributed by atoms with Gasteiger partial charge >= 0.3 is 10.2 Å². The van der Waals surface area contributed by atoms with Crippen molar-refractivity contribution in [3.8, 4) is 0 Å². The van der Waals surface area contributed by atoms with Gasteiger partial charge in [0.25, 0.3) is 5.56 Å². The lowest BCUT2D eigenvalue weighted by Crippen LogP contribution is -2.27. The molecule has 1 saturated carbocycles. The largest absolute Gasteiger partial charge is 0.363 e. The zero-order valence-electron chi connectivity index (χ0n) is 17.0. The Hall–Kier alpha value is -2.69. The molecule has 2 aromatic heterocycles. The van der Waals surface area contributed by atoms with Gasteiger partial charge in [0.2, 0.25) is 0 Å². The van der Waals surface area contributed by atoms with Crippen LogP contribution in [-0.2, 0) is 5.54 Å². The van der Waals surface area contributed by atoms with Crippen LogP contribution in [0.4, 0.5) is 25.2 Å². The van der Waals surface area contributed by atoms with Crippen LogP contribution in [0.5, 0.6) is 0 Å². The lowest BCUT2D eigenvalue weighted by molar-refractivity contribution is 0.364. The van der Waals surface area contributed by atoms with Gasteiger partial charge in [0.1, 0.15) is 16.5 Å². The number of rotatable bonds is 5. The van der Waals surface area contributed by atoms with Crippen LogP contribution in [0.1, 0.15) is 44.1 Å². The van der Waals surface area contributed by atoms with Gasteiger partial charge < -0.3 is 9.88 Å². The molecule has 11 heteroatoms. The first-order chi connectivity index (χ1) is 14.1. The number of benzene rings is 1. The fourth-order valence-electron chi connectivity index (χ4n) is 3.49. The van der Waals surface area contributed by atoms with Crippen molar-refractivity contribution < 1.29 is 19.4 Å². The summed E-state index contributed by atoms with van der Waals surface area (Å²) in [5.41, 5.74) is -0.0613. The number of aromatic nitrogens is 3. The fraction of sp³-hybridized carbons (Fsp3) is 0.350. The average molecular weight is 460 g/mol. The minimum Gasteiger partial charge on any atom is -0.363 e. The molecule has 1 aromatic carbocycles. The zero-order valence-corrected chi connectivity index (χ0v) is 17.8. The van der Waals surface area contributed by atoms with Crippen molar-refractivity contribution >= 4 is 26.9 Å². The third-order valence-corrected chi connectivity index (χ3v) is 6.70. The Labute approximate surface area is 175 Å². The van der Waals surface area contributed by atoms with Crippen molar-refractivity contribution in [2.75, 3.05) is 5.32 Å². The number of pyridine rings is 1. The molecule has 0 radical (unpaired) electrons. The number of anilines is 1. The molecule has 1 fully saturated rings. The maximum atomic E-state index is 13.2. The first kappa shape index (κ1) is 21.5. The minimum atomic E-state index is -9.79. The molecule has 31 heavy (non-hydrogen) atoms. The second kappa shape index (κ2) is 5.96. The Morgan fingerprint density at radius 3 is 2.42 bits per heavy atom. The second-order valence-electron chi connectivity index (χ2n) is 8.30. The Bertz CT molecular complexity index is 1270. The van der Waals surface area contributed by atoms with Crippen LogP contribution in [-0.4, -0.2) is 14.5 Å². The summed E-state index contributed by atoms with van der Waals surface area (Å²) in [7, 11) is -9.79. The van der Waals surface area contributed by atoms with Crippen molar-refractivity contribution in [3.63, 3.8) is 0 Å². The summed E-state index contributed by atoms with van der Waals surface area (Å²) in [6.07, 6.45) is 3.35. The van der Waals surface area contributed by atoms with Gasteiger partial charge in [0.15, 0.2) is 0 Å². The van der Waals surface area contributed by atoms with Gasteiger partial charge in [-0.3, -0.25) is 4.79 Å². The molecule has 0 saturated heterocycles. The molecule has 1 unspecified atom stereocenters. The van der Waals surface area contributed by atoms with Crippen molar-refractivity contribution in [2.24, 2.45) is 0 Å². The topological polar surface area (TPSA) is 59.8 Å². The van der Waals surface area contributed by atoms with Crippen LogP contribution in [0.25, 0.3) is 10.9 Å². The monoisotopic (exact) mass is 460 g/mol. The average Bonchev–Trinajstić information content (AvgIpc) is 3.37. The first-order valence-electron chi connectivity index (χ1n) is 9.58. The van der Waals surface area contributed by atoms with Gasteiger partial charge in [-0.1, -0.05) is 31.6 Å². The summed E-state index contributed by atoms with van der Waals surface area (Å²) < 4.78 is 67.6. The van der Waals surface area contributed by atoms with Gasteiger partial charge in [-0.05, 0) is 51.3 Å². The van der Waals surface area contributed by atoms with E-state index in [-0.39, 0.29) is 16.7 Å². The molecule has 5 nitrogen and oxygen atoms in total. The predicted octanol–water partition coefficient (Wildman–Crippen LogP) is 6.44. The van der Waals surface area contributed by atoms with Gasteiger partial charge in [-0.15, -0.1) is 0 Å². The lowest BCUT2D eigenvalue weighted by atomic mass is 10.1. The van der Waals surface area contributed by atoms with E-state index in [1.165, 1.54) is 12.1 Å². The number of nitrogens with one attached hydrogen (secondary N) is 1. The van der Waals surface area contributed by atoms with Crippen molar-refractivity contribution in [1.82, 2.24) is 14.5 Å². The normalized spacial score (nSPS) is 18.8. The summed E-state index contributed by atoms with van der Waals surface area (Å²) in [6.45, 7) is 5.13. The Morgan fingerprint density at radius 2 is 1.81 bits per heavy atom. The highest BCUT2D eigenvalue weighted by Crippen LogP contribution is 3.02. The number of hydrogen-bond donors (Lipinski definition) is 1. The van der Waals surface area contributed by atoms with Gasteiger partial charge in [0.05, 0.1) is 16.9 Å².